The van der Waals surface area contributed by atoms with Crippen molar-refractivity contribution in [2.45, 2.75) is 26.4 Å². The predicted molar refractivity (Wildman–Crippen MR) is 62.9 cm³/mol. The molecule has 1 N–H and O–H groups in total. The Hall–Kier alpha value is -0.870. The molecule has 0 spiro atoms. The van der Waals surface area contributed by atoms with Gasteiger partial charge in [-0.25, -0.2) is 4.98 Å². The van der Waals surface area contributed by atoms with E-state index in [9.17, 15) is 5.11 Å². The van der Waals surface area contributed by atoms with Gasteiger partial charge in [0, 0.05) is 6.20 Å². The molecular formula is C11H13BrN2O. The first-order valence-corrected chi connectivity index (χ1v) is 5.70. The van der Waals surface area contributed by atoms with Gasteiger partial charge >= 0.3 is 0 Å². The molecule has 4 heteroatoms. The van der Waals surface area contributed by atoms with Crippen LogP contribution in [0.25, 0.3) is 5.65 Å². The van der Waals surface area contributed by atoms with Crippen molar-refractivity contribution in [3.05, 3.63) is 34.2 Å². The van der Waals surface area contributed by atoms with Crippen molar-refractivity contribution in [3.8, 4) is 0 Å². The van der Waals surface area contributed by atoms with E-state index in [2.05, 4.69) is 34.8 Å². The number of nitrogens with zero attached hydrogens (tertiary/aromatic N) is 2. The maximum Gasteiger partial charge on any atom is 0.151 e. The molecule has 0 aliphatic heterocycles. The minimum atomic E-state index is 0.0190. The van der Waals surface area contributed by atoms with Crippen LogP contribution in [0.5, 0.6) is 0 Å². The first-order chi connectivity index (χ1) is 7.15. The molecule has 0 saturated carbocycles. The molecule has 0 aliphatic carbocycles. The first-order valence-electron chi connectivity index (χ1n) is 4.91. The van der Waals surface area contributed by atoms with Gasteiger partial charge in [0.1, 0.15) is 0 Å². The Labute approximate surface area is 96.9 Å². The van der Waals surface area contributed by atoms with Crippen molar-refractivity contribution in [1.82, 2.24) is 9.38 Å². The van der Waals surface area contributed by atoms with Gasteiger partial charge in [-0.15, -0.1) is 0 Å². The molecule has 0 atom stereocenters. The molecule has 2 rings (SSSR count). The number of aliphatic hydroxyl groups is 1. The lowest BCUT2D eigenvalue weighted by Crippen LogP contribution is -1.97. The number of aliphatic hydroxyl groups excluding tert-OH is 1. The van der Waals surface area contributed by atoms with Crippen LogP contribution in [0.3, 0.4) is 0 Å². The predicted octanol–water partition coefficient (Wildman–Crippen LogP) is 2.71. The smallest absolute Gasteiger partial charge is 0.151 e. The van der Waals surface area contributed by atoms with E-state index in [-0.39, 0.29) is 6.61 Å². The Morgan fingerprint density at radius 1 is 1.53 bits per heavy atom. The standard InChI is InChI=1S/C11H13BrN2O/c1-7(2)10-9(6-15)14-5-3-4-8(12)11(14)13-10/h3-5,7,15H,6H2,1-2H3. The molecule has 2 aromatic heterocycles. The number of imidazole rings is 1. The number of hydrogen-bond donors (Lipinski definition) is 1. The van der Waals surface area contributed by atoms with Crippen molar-refractivity contribution in [2.24, 2.45) is 0 Å². The van der Waals surface area contributed by atoms with Crippen LogP contribution in [-0.2, 0) is 6.61 Å². The second-order valence-electron chi connectivity index (χ2n) is 3.81. The minimum absolute atomic E-state index is 0.0190. The monoisotopic (exact) mass is 268 g/mol. The second kappa shape index (κ2) is 3.94. The SMILES string of the molecule is CC(C)c1nc2c(Br)cccn2c1CO. The number of halogens is 1. The van der Waals surface area contributed by atoms with E-state index in [1.165, 1.54) is 0 Å². The Balaban J connectivity index is 2.78. The van der Waals surface area contributed by atoms with E-state index in [0.29, 0.717) is 5.92 Å². The van der Waals surface area contributed by atoms with Crippen molar-refractivity contribution in [1.29, 1.82) is 0 Å². The van der Waals surface area contributed by atoms with Crippen LogP contribution >= 0.6 is 15.9 Å². The summed E-state index contributed by atoms with van der Waals surface area (Å²) in [4.78, 5) is 4.54. The van der Waals surface area contributed by atoms with Gasteiger partial charge in [0.2, 0.25) is 0 Å². The highest BCUT2D eigenvalue weighted by Gasteiger charge is 2.15. The molecule has 0 amide bonds. The summed E-state index contributed by atoms with van der Waals surface area (Å²) in [6, 6.07) is 3.88. The largest absolute Gasteiger partial charge is 0.390 e. The molecule has 0 radical (unpaired) electrons. The van der Waals surface area contributed by atoms with Gasteiger partial charge in [-0.3, -0.25) is 0 Å². The fraction of sp³-hybridized carbons (Fsp3) is 0.364. The highest BCUT2D eigenvalue weighted by molar-refractivity contribution is 9.10. The molecule has 2 aromatic rings. The van der Waals surface area contributed by atoms with Crippen LogP contribution in [0.1, 0.15) is 31.2 Å². The lowest BCUT2D eigenvalue weighted by molar-refractivity contribution is 0.274. The molecule has 0 aromatic carbocycles. The Bertz CT molecular complexity index is 491. The van der Waals surface area contributed by atoms with Gasteiger partial charge in [0.25, 0.3) is 0 Å². The van der Waals surface area contributed by atoms with E-state index in [1.54, 1.807) is 0 Å². The van der Waals surface area contributed by atoms with Crippen LogP contribution in [0.2, 0.25) is 0 Å². The summed E-state index contributed by atoms with van der Waals surface area (Å²) < 4.78 is 2.88. The van der Waals surface area contributed by atoms with Crippen LogP contribution in [0, 0.1) is 0 Å². The molecule has 0 aliphatic rings. The summed E-state index contributed by atoms with van der Waals surface area (Å²) in [5.74, 6) is 0.318. The Kier molecular flexibility index (Phi) is 2.80. The number of fused-ring (bicyclic) bond motifs is 1. The number of pyridine rings is 1. The fourth-order valence-electron chi connectivity index (χ4n) is 1.72. The first kappa shape index (κ1) is 10.6. The van der Waals surface area contributed by atoms with Gasteiger partial charge in [0.05, 0.1) is 22.5 Å². The van der Waals surface area contributed by atoms with Crippen molar-refractivity contribution in [2.75, 3.05) is 0 Å². The van der Waals surface area contributed by atoms with Gasteiger partial charge < -0.3 is 9.51 Å². The zero-order valence-electron chi connectivity index (χ0n) is 8.74. The third kappa shape index (κ3) is 1.68. The molecule has 15 heavy (non-hydrogen) atoms. The Morgan fingerprint density at radius 2 is 2.27 bits per heavy atom. The summed E-state index contributed by atoms with van der Waals surface area (Å²) in [5.41, 5.74) is 2.70. The quantitative estimate of drug-likeness (QED) is 0.910. The number of rotatable bonds is 2. The van der Waals surface area contributed by atoms with Gasteiger partial charge in [-0.2, -0.15) is 0 Å². The minimum Gasteiger partial charge on any atom is -0.390 e. The molecule has 0 bridgehead atoms. The zero-order chi connectivity index (χ0) is 11.0. The molecule has 0 fully saturated rings. The summed E-state index contributed by atoms with van der Waals surface area (Å²) in [7, 11) is 0. The van der Waals surface area contributed by atoms with Crippen molar-refractivity contribution >= 4 is 21.6 Å². The van der Waals surface area contributed by atoms with E-state index in [1.807, 2.05) is 22.7 Å². The molecule has 3 nitrogen and oxygen atoms in total. The van der Waals surface area contributed by atoms with E-state index >= 15 is 0 Å². The summed E-state index contributed by atoms with van der Waals surface area (Å²) in [6.45, 7) is 4.18. The van der Waals surface area contributed by atoms with Gasteiger partial charge in [-0.1, -0.05) is 13.8 Å². The average molecular weight is 269 g/mol. The highest BCUT2D eigenvalue weighted by atomic mass is 79.9. The highest BCUT2D eigenvalue weighted by Crippen LogP contribution is 2.24. The maximum atomic E-state index is 9.37. The number of aromatic nitrogens is 2. The number of hydrogen-bond acceptors (Lipinski definition) is 2. The van der Waals surface area contributed by atoms with Gasteiger partial charge in [0.15, 0.2) is 5.65 Å². The zero-order valence-corrected chi connectivity index (χ0v) is 10.3. The van der Waals surface area contributed by atoms with E-state index in [4.69, 9.17) is 0 Å². The van der Waals surface area contributed by atoms with Crippen LogP contribution in [0.4, 0.5) is 0 Å². The fourth-order valence-corrected chi connectivity index (χ4v) is 2.15. The molecular weight excluding hydrogens is 256 g/mol. The Morgan fingerprint density at radius 3 is 2.87 bits per heavy atom. The summed E-state index contributed by atoms with van der Waals surface area (Å²) in [6.07, 6.45) is 1.92. The summed E-state index contributed by atoms with van der Waals surface area (Å²) in [5, 5.41) is 9.37. The van der Waals surface area contributed by atoms with Gasteiger partial charge in [-0.05, 0) is 34.0 Å². The van der Waals surface area contributed by atoms with Crippen LogP contribution in [-0.4, -0.2) is 14.5 Å². The maximum absolute atomic E-state index is 9.37. The van der Waals surface area contributed by atoms with Crippen LogP contribution in [0.15, 0.2) is 22.8 Å². The van der Waals surface area contributed by atoms with E-state index < -0.39 is 0 Å². The summed E-state index contributed by atoms with van der Waals surface area (Å²) >= 11 is 3.46. The third-order valence-electron chi connectivity index (χ3n) is 2.43. The van der Waals surface area contributed by atoms with Crippen LogP contribution < -0.4 is 0 Å². The lowest BCUT2D eigenvalue weighted by Gasteiger charge is -2.03. The van der Waals surface area contributed by atoms with E-state index in [0.717, 1.165) is 21.5 Å². The molecule has 0 unspecified atom stereocenters. The second-order valence-corrected chi connectivity index (χ2v) is 4.66. The molecule has 0 saturated heterocycles. The average Bonchev–Trinajstić information content (AvgIpc) is 2.57. The topological polar surface area (TPSA) is 37.5 Å². The lowest BCUT2D eigenvalue weighted by atomic mass is 10.1. The molecule has 2 heterocycles. The third-order valence-corrected chi connectivity index (χ3v) is 3.05. The van der Waals surface area contributed by atoms with Crippen molar-refractivity contribution < 1.29 is 5.11 Å². The molecule has 80 valence electrons. The normalized spacial score (nSPS) is 11.5. The van der Waals surface area contributed by atoms with Crippen molar-refractivity contribution in [3.63, 3.8) is 0 Å².